The van der Waals surface area contributed by atoms with Gasteiger partial charge in [-0.15, -0.1) is 0 Å². The highest BCUT2D eigenvalue weighted by atomic mass is 16.7. The van der Waals surface area contributed by atoms with Crippen LogP contribution in [0.5, 0.6) is 23.1 Å². The predicted molar refractivity (Wildman–Crippen MR) is 73.7 cm³/mol. The molecule has 1 aromatic carbocycles. The second kappa shape index (κ2) is 5.53. The quantitative estimate of drug-likeness (QED) is 0.672. The first-order chi connectivity index (χ1) is 10.3. The lowest BCUT2D eigenvalue weighted by atomic mass is 10.3. The van der Waals surface area contributed by atoms with Gasteiger partial charge in [-0.3, -0.25) is 0 Å². The van der Waals surface area contributed by atoms with Crippen molar-refractivity contribution in [2.45, 2.75) is 0 Å². The summed E-state index contributed by atoms with van der Waals surface area (Å²) < 4.78 is 16.2. The molecule has 0 spiro atoms. The van der Waals surface area contributed by atoms with Crippen LogP contribution in [-0.2, 0) is 4.84 Å². The van der Waals surface area contributed by atoms with Crippen molar-refractivity contribution in [1.29, 1.82) is 0 Å². The second-order valence-electron chi connectivity index (χ2n) is 4.01. The van der Waals surface area contributed by atoms with E-state index in [2.05, 4.69) is 20.0 Å². The number of nitrogen functional groups attached to an aromatic ring is 1. The Morgan fingerprint density at radius 3 is 3.00 bits per heavy atom. The van der Waals surface area contributed by atoms with Crippen LogP contribution in [0.1, 0.15) is 5.56 Å². The van der Waals surface area contributed by atoms with Crippen LogP contribution < -0.4 is 19.9 Å². The van der Waals surface area contributed by atoms with Crippen molar-refractivity contribution in [2.24, 2.45) is 5.16 Å². The van der Waals surface area contributed by atoms with E-state index in [0.29, 0.717) is 22.8 Å². The maximum atomic E-state index is 5.78. The lowest BCUT2D eigenvalue weighted by Gasteiger charge is -2.08. The van der Waals surface area contributed by atoms with Gasteiger partial charge in [-0.05, 0) is 12.1 Å². The number of ether oxygens (including phenoxy) is 3. The average Bonchev–Trinajstić information content (AvgIpc) is 2.94. The zero-order valence-corrected chi connectivity index (χ0v) is 11.1. The highest BCUT2D eigenvalue weighted by Crippen LogP contribution is 2.36. The monoisotopic (exact) mass is 288 g/mol. The van der Waals surface area contributed by atoms with Crippen molar-refractivity contribution in [1.82, 2.24) is 9.97 Å². The first-order valence-electron chi connectivity index (χ1n) is 6.02. The van der Waals surface area contributed by atoms with Crippen molar-refractivity contribution < 1.29 is 19.0 Å². The SMILES string of the molecule is CON=Cc1c(N)ncnc1Oc1ccc2c(c1)OCO2. The Hall–Kier alpha value is -3.03. The molecule has 2 N–H and O–H groups in total. The van der Waals surface area contributed by atoms with Crippen molar-refractivity contribution in [3.05, 3.63) is 30.1 Å². The van der Waals surface area contributed by atoms with E-state index in [-0.39, 0.29) is 18.5 Å². The number of nitrogens with two attached hydrogens (primary N) is 1. The van der Waals surface area contributed by atoms with Crippen LogP contribution in [0, 0.1) is 0 Å². The van der Waals surface area contributed by atoms with Crippen LogP contribution in [0.4, 0.5) is 5.82 Å². The highest BCUT2D eigenvalue weighted by molar-refractivity contribution is 5.88. The van der Waals surface area contributed by atoms with E-state index in [1.54, 1.807) is 18.2 Å². The number of fused-ring (bicyclic) bond motifs is 1. The molecule has 0 saturated carbocycles. The number of anilines is 1. The van der Waals surface area contributed by atoms with E-state index in [4.69, 9.17) is 19.9 Å². The standard InChI is InChI=1S/C13H12N4O4/c1-18-17-5-9-12(14)15-6-16-13(9)21-8-2-3-10-11(4-8)20-7-19-10/h2-6H,7H2,1H3,(H2,14,15,16). The van der Waals surface area contributed by atoms with Crippen LogP contribution in [0.2, 0.25) is 0 Å². The molecule has 0 aliphatic carbocycles. The van der Waals surface area contributed by atoms with Gasteiger partial charge >= 0.3 is 0 Å². The van der Waals surface area contributed by atoms with Crippen molar-refractivity contribution in [2.75, 3.05) is 19.6 Å². The van der Waals surface area contributed by atoms with Gasteiger partial charge < -0.3 is 24.8 Å². The molecule has 0 bridgehead atoms. The summed E-state index contributed by atoms with van der Waals surface area (Å²) in [7, 11) is 1.43. The maximum absolute atomic E-state index is 5.78. The number of rotatable bonds is 4. The minimum atomic E-state index is 0.199. The van der Waals surface area contributed by atoms with Gasteiger partial charge in [0.1, 0.15) is 30.6 Å². The van der Waals surface area contributed by atoms with E-state index < -0.39 is 0 Å². The summed E-state index contributed by atoms with van der Waals surface area (Å²) in [6.07, 6.45) is 2.69. The number of hydrogen-bond acceptors (Lipinski definition) is 8. The normalized spacial score (nSPS) is 12.6. The van der Waals surface area contributed by atoms with E-state index in [1.165, 1.54) is 19.7 Å². The van der Waals surface area contributed by atoms with Gasteiger partial charge in [0.25, 0.3) is 0 Å². The summed E-state index contributed by atoms with van der Waals surface area (Å²) in [5.74, 6) is 2.32. The average molecular weight is 288 g/mol. The second-order valence-corrected chi connectivity index (χ2v) is 4.01. The summed E-state index contributed by atoms with van der Waals surface area (Å²) in [6.45, 7) is 0.199. The number of benzene rings is 1. The Labute approximate surface area is 120 Å². The number of oxime groups is 1. The molecule has 21 heavy (non-hydrogen) atoms. The van der Waals surface area contributed by atoms with Gasteiger partial charge in [0, 0.05) is 6.07 Å². The molecule has 0 saturated heterocycles. The van der Waals surface area contributed by atoms with Crippen molar-refractivity contribution in [3.8, 4) is 23.1 Å². The van der Waals surface area contributed by atoms with Crippen molar-refractivity contribution in [3.63, 3.8) is 0 Å². The number of hydrogen-bond donors (Lipinski definition) is 1. The van der Waals surface area contributed by atoms with Gasteiger partial charge in [-0.2, -0.15) is 0 Å². The Morgan fingerprint density at radius 1 is 1.29 bits per heavy atom. The smallest absolute Gasteiger partial charge is 0.233 e. The summed E-state index contributed by atoms with van der Waals surface area (Å²) in [5.41, 5.74) is 6.21. The Morgan fingerprint density at radius 2 is 2.14 bits per heavy atom. The molecule has 8 nitrogen and oxygen atoms in total. The molecular weight excluding hydrogens is 276 g/mol. The van der Waals surface area contributed by atoms with Gasteiger partial charge in [0.15, 0.2) is 11.5 Å². The molecule has 0 atom stereocenters. The molecular formula is C13H12N4O4. The van der Waals surface area contributed by atoms with E-state index in [1.807, 2.05) is 0 Å². The molecule has 0 amide bonds. The van der Waals surface area contributed by atoms with E-state index >= 15 is 0 Å². The van der Waals surface area contributed by atoms with Crippen LogP contribution in [0.25, 0.3) is 0 Å². The summed E-state index contributed by atoms with van der Waals surface area (Å²) >= 11 is 0. The van der Waals surface area contributed by atoms with Gasteiger partial charge in [0.2, 0.25) is 12.7 Å². The molecule has 1 aromatic heterocycles. The Bertz CT molecular complexity index is 690. The zero-order chi connectivity index (χ0) is 14.7. The summed E-state index contributed by atoms with van der Waals surface area (Å²) in [4.78, 5) is 12.6. The topological polar surface area (TPSA) is 101 Å². The highest BCUT2D eigenvalue weighted by Gasteiger charge is 2.16. The fourth-order valence-electron chi connectivity index (χ4n) is 1.75. The minimum Gasteiger partial charge on any atom is -0.454 e. The lowest BCUT2D eigenvalue weighted by molar-refractivity contribution is 0.174. The Balaban J connectivity index is 1.91. The third-order valence-corrected chi connectivity index (χ3v) is 2.72. The van der Waals surface area contributed by atoms with Crippen LogP contribution in [0.15, 0.2) is 29.7 Å². The lowest BCUT2D eigenvalue weighted by Crippen LogP contribution is -2.02. The van der Waals surface area contributed by atoms with Gasteiger partial charge in [-0.1, -0.05) is 5.16 Å². The maximum Gasteiger partial charge on any atom is 0.233 e. The third kappa shape index (κ3) is 2.64. The molecule has 2 aromatic rings. The fraction of sp³-hybridized carbons (Fsp3) is 0.154. The van der Waals surface area contributed by atoms with Crippen LogP contribution in [-0.4, -0.2) is 30.1 Å². The van der Waals surface area contributed by atoms with Gasteiger partial charge in [0.05, 0.1) is 6.21 Å². The van der Waals surface area contributed by atoms with E-state index in [0.717, 1.165) is 0 Å². The zero-order valence-electron chi connectivity index (χ0n) is 11.1. The third-order valence-electron chi connectivity index (χ3n) is 2.72. The molecule has 0 fully saturated rings. The molecule has 0 unspecified atom stereocenters. The van der Waals surface area contributed by atoms with Crippen LogP contribution >= 0.6 is 0 Å². The Kier molecular flexibility index (Phi) is 3.42. The number of aromatic nitrogens is 2. The molecule has 2 heterocycles. The first kappa shape index (κ1) is 13.0. The molecule has 108 valence electrons. The number of nitrogens with zero attached hydrogens (tertiary/aromatic N) is 3. The largest absolute Gasteiger partial charge is 0.454 e. The predicted octanol–water partition coefficient (Wildman–Crippen LogP) is 1.56. The summed E-state index contributed by atoms with van der Waals surface area (Å²) in [5, 5.41) is 3.65. The molecule has 1 aliphatic rings. The summed E-state index contributed by atoms with van der Waals surface area (Å²) in [6, 6.07) is 5.20. The minimum absolute atomic E-state index is 0.199. The van der Waals surface area contributed by atoms with Crippen LogP contribution in [0.3, 0.4) is 0 Å². The molecule has 0 radical (unpaired) electrons. The van der Waals surface area contributed by atoms with E-state index in [9.17, 15) is 0 Å². The fourth-order valence-corrected chi connectivity index (χ4v) is 1.75. The van der Waals surface area contributed by atoms with Gasteiger partial charge in [-0.25, -0.2) is 9.97 Å². The molecule has 3 rings (SSSR count). The van der Waals surface area contributed by atoms with Crippen molar-refractivity contribution >= 4 is 12.0 Å². The molecule has 1 aliphatic heterocycles. The molecule has 8 heteroatoms. The first-order valence-corrected chi connectivity index (χ1v) is 6.02.